The molecule has 0 unspecified atom stereocenters. The molecule has 2 fully saturated rings. The first-order chi connectivity index (χ1) is 13.5. The molecule has 0 spiro atoms. The molecule has 0 radical (unpaired) electrons. The van der Waals surface area contributed by atoms with Crippen LogP contribution >= 0.6 is 11.6 Å². The number of methoxy groups -OCH3 is 1. The van der Waals surface area contributed by atoms with Crippen LogP contribution in [-0.4, -0.2) is 84.9 Å². The lowest BCUT2D eigenvalue weighted by Crippen LogP contribution is -2.55. The van der Waals surface area contributed by atoms with Gasteiger partial charge >= 0.3 is 6.09 Å². The minimum Gasteiger partial charge on any atom is -0.503 e. The quantitative estimate of drug-likeness (QED) is 0.803. The summed E-state index contributed by atoms with van der Waals surface area (Å²) in [5, 5.41) is 10.2. The highest BCUT2D eigenvalue weighted by atomic mass is 35.5. The minimum absolute atomic E-state index is 0.0103. The number of piperazine rings is 1. The second kappa shape index (κ2) is 9.67. The molecule has 0 aliphatic carbocycles. The highest BCUT2D eigenvalue weighted by Crippen LogP contribution is 2.35. The number of carbonyl (C=O) groups excluding carboxylic acids is 1. The monoisotopic (exact) mass is 411 g/mol. The molecule has 8 heteroatoms. The number of ether oxygens (including phenoxy) is 2. The second-order valence-corrected chi connectivity index (χ2v) is 7.79. The van der Waals surface area contributed by atoms with Crippen molar-refractivity contribution in [2.75, 3.05) is 53.0 Å². The zero-order valence-corrected chi connectivity index (χ0v) is 17.5. The van der Waals surface area contributed by atoms with Gasteiger partial charge in [0.1, 0.15) is 0 Å². The van der Waals surface area contributed by atoms with E-state index in [4.69, 9.17) is 21.1 Å². The first-order valence-electron chi connectivity index (χ1n) is 9.95. The van der Waals surface area contributed by atoms with Crippen LogP contribution in [0.4, 0.5) is 4.79 Å². The number of piperidine rings is 1. The lowest BCUT2D eigenvalue weighted by molar-refractivity contribution is 0.0412. The van der Waals surface area contributed by atoms with Crippen molar-refractivity contribution in [2.24, 2.45) is 0 Å². The van der Waals surface area contributed by atoms with E-state index >= 15 is 0 Å². The molecule has 1 aromatic rings. The maximum atomic E-state index is 11.9. The van der Waals surface area contributed by atoms with E-state index in [1.54, 1.807) is 11.0 Å². The first-order valence-corrected chi connectivity index (χ1v) is 10.3. The van der Waals surface area contributed by atoms with Crippen LogP contribution in [0.25, 0.3) is 0 Å². The molecule has 2 saturated heterocycles. The Morgan fingerprint density at radius 2 is 2.00 bits per heavy atom. The number of hydrogen-bond acceptors (Lipinski definition) is 6. The number of likely N-dealkylation sites (tertiary alicyclic amines) is 1. The van der Waals surface area contributed by atoms with Gasteiger partial charge in [-0.2, -0.15) is 0 Å². The van der Waals surface area contributed by atoms with Gasteiger partial charge in [0.05, 0.1) is 18.7 Å². The van der Waals surface area contributed by atoms with Gasteiger partial charge < -0.3 is 19.5 Å². The fraction of sp³-hybridized carbons (Fsp3) is 0.650. The summed E-state index contributed by atoms with van der Waals surface area (Å²) in [5.41, 5.74) is 1.03. The number of nitrogens with zero attached hydrogens (tertiary/aromatic N) is 3. The van der Waals surface area contributed by atoms with Gasteiger partial charge in [0.15, 0.2) is 11.5 Å². The Balaban J connectivity index is 1.55. The third-order valence-corrected chi connectivity index (χ3v) is 5.84. The highest BCUT2D eigenvalue weighted by Gasteiger charge is 2.30. The van der Waals surface area contributed by atoms with Crippen molar-refractivity contribution in [1.29, 1.82) is 0 Å². The maximum Gasteiger partial charge on any atom is 0.409 e. The van der Waals surface area contributed by atoms with E-state index in [2.05, 4.69) is 9.80 Å². The number of hydrogen-bond donors (Lipinski definition) is 1. The number of benzene rings is 1. The fourth-order valence-corrected chi connectivity index (χ4v) is 4.32. The first kappa shape index (κ1) is 21.0. The average molecular weight is 412 g/mol. The summed E-state index contributed by atoms with van der Waals surface area (Å²) < 4.78 is 10.3. The van der Waals surface area contributed by atoms with Crippen LogP contribution < -0.4 is 4.74 Å². The third kappa shape index (κ3) is 5.01. The molecule has 0 aromatic heterocycles. The van der Waals surface area contributed by atoms with Crippen LogP contribution in [-0.2, 0) is 11.3 Å². The zero-order chi connectivity index (χ0) is 20.1. The van der Waals surface area contributed by atoms with Gasteiger partial charge in [0.25, 0.3) is 0 Å². The summed E-state index contributed by atoms with van der Waals surface area (Å²) in [7, 11) is 1.53. The summed E-state index contributed by atoms with van der Waals surface area (Å²) in [5.74, 6) is 0.398. The van der Waals surface area contributed by atoms with Crippen molar-refractivity contribution in [2.45, 2.75) is 32.4 Å². The van der Waals surface area contributed by atoms with Gasteiger partial charge in [0.2, 0.25) is 0 Å². The molecular weight excluding hydrogens is 382 g/mol. The van der Waals surface area contributed by atoms with Crippen LogP contribution in [0, 0.1) is 0 Å². The summed E-state index contributed by atoms with van der Waals surface area (Å²) in [6.45, 7) is 8.27. The van der Waals surface area contributed by atoms with E-state index in [-0.39, 0.29) is 11.8 Å². The van der Waals surface area contributed by atoms with E-state index in [0.717, 1.165) is 57.8 Å². The smallest absolute Gasteiger partial charge is 0.409 e. The number of amides is 1. The SMILES string of the molecule is CCOC(=O)N1CCN([C@H]2CCCN(Cc3cc(Cl)c(O)c(OC)c3)C2)CC1. The summed E-state index contributed by atoms with van der Waals surface area (Å²) >= 11 is 6.13. The van der Waals surface area contributed by atoms with Crippen molar-refractivity contribution in [3.63, 3.8) is 0 Å². The molecule has 0 saturated carbocycles. The molecule has 1 aromatic carbocycles. The molecule has 1 N–H and O–H groups in total. The largest absolute Gasteiger partial charge is 0.503 e. The van der Waals surface area contributed by atoms with Crippen molar-refractivity contribution >= 4 is 17.7 Å². The topological polar surface area (TPSA) is 65.5 Å². The van der Waals surface area contributed by atoms with Crippen molar-refractivity contribution in [3.05, 3.63) is 22.7 Å². The molecule has 1 amide bonds. The summed E-state index contributed by atoms with van der Waals surface area (Å²) in [6, 6.07) is 4.15. The molecule has 1 atom stereocenters. The van der Waals surface area contributed by atoms with Gasteiger partial charge in [0, 0.05) is 45.3 Å². The summed E-state index contributed by atoms with van der Waals surface area (Å²) in [4.78, 5) is 18.6. The number of phenolic OH excluding ortho intramolecular Hbond substituents is 1. The molecule has 3 rings (SSSR count). The molecule has 2 aliphatic rings. The average Bonchev–Trinajstić information content (AvgIpc) is 2.71. The predicted molar refractivity (Wildman–Crippen MR) is 108 cm³/mol. The van der Waals surface area contributed by atoms with Gasteiger partial charge in [-0.05, 0) is 44.0 Å². The Labute approximate surface area is 171 Å². The Morgan fingerprint density at radius 1 is 1.25 bits per heavy atom. The number of aromatic hydroxyl groups is 1. The highest BCUT2D eigenvalue weighted by molar-refractivity contribution is 6.32. The maximum absolute atomic E-state index is 11.9. The van der Waals surface area contributed by atoms with Crippen molar-refractivity contribution in [1.82, 2.24) is 14.7 Å². The Morgan fingerprint density at radius 3 is 2.68 bits per heavy atom. The Hall–Kier alpha value is -1.70. The van der Waals surface area contributed by atoms with Gasteiger partial charge in [-0.1, -0.05) is 11.6 Å². The van der Waals surface area contributed by atoms with Crippen LogP contribution in [0.15, 0.2) is 12.1 Å². The Bertz CT molecular complexity index is 680. The minimum atomic E-state index is -0.203. The predicted octanol–water partition coefficient (Wildman–Crippen LogP) is 2.79. The number of phenols is 1. The second-order valence-electron chi connectivity index (χ2n) is 7.38. The Kier molecular flexibility index (Phi) is 7.26. The van der Waals surface area contributed by atoms with E-state index in [1.807, 2.05) is 13.0 Å². The van der Waals surface area contributed by atoms with Crippen molar-refractivity contribution < 1.29 is 19.4 Å². The molecule has 0 bridgehead atoms. The molecule has 156 valence electrons. The van der Waals surface area contributed by atoms with Crippen LogP contribution in [0.2, 0.25) is 5.02 Å². The summed E-state index contributed by atoms with van der Waals surface area (Å²) in [6.07, 6.45) is 2.12. The fourth-order valence-electron chi connectivity index (χ4n) is 4.09. The molecule has 2 aliphatic heterocycles. The van der Waals surface area contributed by atoms with E-state index in [1.165, 1.54) is 13.5 Å². The van der Waals surface area contributed by atoms with Crippen LogP contribution in [0.1, 0.15) is 25.3 Å². The van der Waals surface area contributed by atoms with Gasteiger partial charge in [-0.25, -0.2) is 4.79 Å². The lowest BCUT2D eigenvalue weighted by Gasteiger charge is -2.43. The third-order valence-electron chi connectivity index (χ3n) is 5.55. The molecular formula is C20H30ClN3O4. The molecule has 2 heterocycles. The van der Waals surface area contributed by atoms with Gasteiger partial charge in [-0.15, -0.1) is 0 Å². The van der Waals surface area contributed by atoms with E-state index in [0.29, 0.717) is 23.4 Å². The molecule has 7 nitrogen and oxygen atoms in total. The van der Waals surface area contributed by atoms with E-state index < -0.39 is 0 Å². The number of carbonyl (C=O) groups is 1. The number of rotatable bonds is 5. The van der Waals surface area contributed by atoms with Crippen molar-refractivity contribution in [3.8, 4) is 11.5 Å². The van der Waals surface area contributed by atoms with Gasteiger partial charge in [-0.3, -0.25) is 9.80 Å². The van der Waals surface area contributed by atoms with Crippen LogP contribution in [0.3, 0.4) is 0 Å². The standard InChI is InChI=1S/C20H30ClN3O4/c1-3-28-20(26)24-9-7-23(8-10-24)16-5-4-6-22(14-16)13-15-11-17(21)19(25)18(12-15)27-2/h11-12,16,25H,3-10,13-14H2,1-2H3/t16-/m0/s1. The van der Waals surface area contributed by atoms with E-state index in [9.17, 15) is 9.90 Å². The normalized spacial score (nSPS) is 21.5. The number of halogens is 1. The molecule has 28 heavy (non-hydrogen) atoms. The lowest BCUT2D eigenvalue weighted by atomic mass is 10.0. The zero-order valence-electron chi connectivity index (χ0n) is 16.7. The van der Waals surface area contributed by atoms with Crippen LogP contribution in [0.5, 0.6) is 11.5 Å².